The molecule has 0 unspecified atom stereocenters. The maximum Gasteiger partial charge on any atom is 0.225 e. The van der Waals surface area contributed by atoms with Gasteiger partial charge in [-0.25, -0.2) is 4.98 Å². The number of aryl methyl sites for hydroxylation is 1. The first kappa shape index (κ1) is 21.2. The SMILES string of the molecule is CCc1nnc2c(Nc3ccc(N4CCN(C(=O)C(C)C)CC4)cc3)nc3ccccc3n12. The Labute approximate surface area is 193 Å². The van der Waals surface area contributed by atoms with E-state index in [1.54, 1.807) is 0 Å². The van der Waals surface area contributed by atoms with E-state index in [2.05, 4.69) is 56.0 Å². The quantitative estimate of drug-likeness (QED) is 0.504. The van der Waals surface area contributed by atoms with Crippen LogP contribution in [0.3, 0.4) is 0 Å². The van der Waals surface area contributed by atoms with Crippen LogP contribution in [-0.4, -0.2) is 56.6 Å². The van der Waals surface area contributed by atoms with Gasteiger partial charge in [0, 0.05) is 49.9 Å². The number of hydrogen-bond acceptors (Lipinski definition) is 6. The lowest BCUT2D eigenvalue weighted by atomic mass is 10.1. The highest BCUT2D eigenvalue weighted by Gasteiger charge is 2.23. The minimum absolute atomic E-state index is 0.0516. The van der Waals surface area contributed by atoms with Crippen molar-refractivity contribution in [2.75, 3.05) is 36.4 Å². The van der Waals surface area contributed by atoms with Gasteiger partial charge in [0.15, 0.2) is 5.82 Å². The van der Waals surface area contributed by atoms with Crippen molar-refractivity contribution >= 4 is 39.8 Å². The van der Waals surface area contributed by atoms with E-state index >= 15 is 0 Å². The van der Waals surface area contributed by atoms with Gasteiger partial charge in [-0.05, 0) is 36.4 Å². The molecule has 2 aromatic carbocycles. The zero-order valence-electron chi connectivity index (χ0n) is 19.3. The van der Waals surface area contributed by atoms with Gasteiger partial charge in [0.1, 0.15) is 5.82 Å². The number of fused-ring (bicyclic) bond motifs is 3. The van der Waals surface area contributed by atoms with Gasteiger partial charge in [-0.3, -0.25) is 9.20 Å². The Kier molecular flexibility index (Phi) is 5.58. The van der Waals surface area contributed by atoms with Gasteiger partial charge in [-0.2, -0.15) is 0 Å². The average molecular weight is 444 g/mol. The van der Waals surface area contributed by atoms with Crippen molar-refractivity contribution in [3.05, 3.63) is 54.4 Å². The number of nitrogens with one attached hydrogen (secondary N) is 1. The van der Waals surface area contributed by atoms with E-state index in [1.165, 1.54) is 0 Å². The lowest BCUT2D eigenvalue weighted by molar-refractivity contribution is -0.134. The van der Waals surface area contributed by atoms with E-state index in [0.717, 1.165) is 66.5 Å². The number of piperazine rings is 1. The first-order chi connectivity index (χ1) is 16.0. The van der Waals surface area contributed by atoms with Crippen molar-refractivity contribution in [1.82, 2.24) is 24.5 Å². The Hall–Kier alpha value is -3.68. The molecule has 0 spiro atoms. The molecule has 8 heteroatoms. The number of rotatable bonds is 5. The van der Waals surface area contributed by atoms with Gasteiger partial charge in [0.05, 0.1) is 11.0 Å². The predicted octanol–water partition coefficient (Wildman–Crippen LogP) is 3.89. The number of carbonyl (C=O) groups is 1. The smallest absolute Gasteiger partial charge is 0.225 e. The highest BCUT2D eigenvalue weighted by Crippen LogP contribution is 2.26. The molecule has 33 heavy (non-hydrogen) atoms. The molecule has 2 aromatic heterocycles. The third kappa shape index (κ3) is 3.97. The topological polar surface area (TPSA) is 78.7 Å². The molecular weight excluding hydrogens is 414 g/mol. The number of carbonyl (C=O) groups excluding carboxylic acids is 1. The first-order valence-electron chi connectivity index (χ1n) is 11.6. The summed E-state index contributed by atoms with van der Waals surface area (Å²) < 4.78 is 2.08. The third-order valence-corrected chi connectivity index (χ3v) is 6.19. The average Bonchev–Trinajstić information content (AvgIpc) is 3.29. The Morgan fingerprint density at radius 3 is 2.42 bits per heavy atom. The molecule has 1 saturated heterocycles. The second kappa shape index (κ2) is 8.69. The fraction of sp³-hybridized carbons (Fsp3) is 0.360. The fourth-order valence-corrected chi connectivity index (χ4v) is 4.40. The Morgan fingerprint density at radius 2 is 1.73 bits per heavy atom. The van der Waals surface area contributed by atoms with Gasteiger partial charge in [0.25, 0.3) is 0 Å². The summed E-state index contributed by atoms with van der Waals surface area (Å²) in [4.78, 5) is 21.3. The summed E-state index contributed by atoms with van der Waals surface area (Å²) in [5, 5.41) is 12.2. The normalized spacial score (nSPS) is 14.4. The largest absolute Gasteiger partial charge is 0.368 e. The number of para-hydroxylation sites is 2. The fourth-order valence-electron chi connectivity index (χ4n) is 4.40. The Balaban J connectivity index is 1.36. The van der Waals surface area contributed by atoms with Crippen molar-refractivity contribution < 1.29 is 4.79 Å². The maximum atomic E-state index is 12.2. The molecule has 1 fully saturated rings. The summed E-state index contributed by atoms with van der Waals surface area (Å²) in [5.41, 5.74) is 4.72. The van der Waals surface area contributed by atoms with E-state index in [1.807, 2.05) is 43.0 Å². The molecule has 4 aromatic rings. The van der Waals surface area contributed by atoms with Crippen molar-refractivity contribution in [1.29, 1.82) is 0 Å². The van der Waals surface area contributed by atoms with Crippen LogP contribution < -0.4 is 10.2 Å². The molecule has 1 aliphatic heterocycles. The number of benzene rings is 2. The molecule has 8 nitrogen and oxygen atoms in total. The van der Waals surface area contributed by atoms with Gasteiger partial charge in [0.2, 0.25) is 11.6 Å². The molecule has 0 atom stereocenters. The summed E-state index contributed by atoms with van der Waals surface area (Å²) >= 11 is 0. The van der Waals surface area contributed by atoms with E-state index < -0.39 is 0 Å². The van der Waals surface area contributed by atoms with Crippen LogP contribution in [0.25, 0.3) is 16.7 Å². The van der Waals surface area contributed by atoms with E-state index in [0.29, 0.717) is 5.82 Å². The van der Waals surface area contributed by atoms with Crippen LogP contribution in [0.15, 0.2) is 48.5 Å². The molecule has 0 bridgehead atoms. The standard InChI is InChI=1S/C25H29N7O/c1-4-22-28-29-24-23(27-20-7-5-6-8-21(20)32(22)24)26-18-9-11-19(12-10-18)30-13-15-31(16-14-30)25(33)17(2)3/h5-12,17H,4,13-16H2,1-3H3,(H,26,27). The molecule has 1 N–H and O–H groups in total. The Bertz CT molecular complexity index is 1290. The van der Waals surface area contributed by atoms with Crippen molar-refractivity contribution in [3.63, 3.8) is 0 Å². The van der Waals surface area contributed by atoms with Crippen molar-refractivity contribution in [3.8, 4) is 0 Å². The highest BCUT2D eigenvalue weighted by atomic mass is 16.2. The van der Waals surface area contributed by atoms with Gasteiger partial charge in [-0.15, -0.1) is 10.2 Å². The van der Waals surface area contributed by atoms with Crippen molar-refractivity contribution in [2.24, 2.45) is 5.92 Å². The van der Waals surface area contributed by atoms with Crippen LogP contribution in [0.2, 0.25) is 0 Å². The van der Waals surface area contributed by atoms with Crippen LogP contribution in [0, 0.1) is 5.92 Å². The lowest BCUT2D eigenvalue weighted by Gasteiger charge is -2.37. The Morgan fingerprint density at radius 1 is 1.00 bits per heavy atom. The number of anilines is 3. The van der Waals surface area contributed by atoms with Crippen LogP contribution >= 0.6 is 0 Å². The molecule has 5 rings (SSSR count). The van der Waals surface area contributed by atoms with E-state index in [4.69, 9.17) is 4.98 Å². The summed E-state index contributed by atoms with van der Waals surface area (Å²) in [6.07, 6.45) is 0.791. The summed E-state index contributed by atoms with van der Waals surface area (Å²) in [6, 6.07) is 16.4. The predicted molar refractivity (Wildman–Crippen MR) is 131 cm³/mol. The number of amides is 1. The molecule has 1 aliphatic rings. The minimum atomic E-state index is 0.0516. The van der Waals surface area contributed by atoms with E-state index in [9.17, 15) is 4.79 Å². The van der Waals surface area contributed by atoms with E-state index in [-0.39, 0.29) is 11.8 Å². The van der Waals surface area contributed by atoms with Gasteiger partial charge in [-0.1, -0.05) is 32.9 Å². The monoisotopic (exact) mass is 443 g/mol. The van der Waals surface area contributed by atoms with Crippen LogP contribution in [0.5, 0.6) is 0 Å². The van der Waals surface area contributed by atoms with Crippen LogP contribution in [0.1, 0.15) is 26.6 Å². The molecule has 0 saturated carbocycles. The number of aromatic nitrogens is 4. The lowest BCUT2D eigenvalue weighted by Crippen LogP contribution is -2.49. The molecule has 1 amide bonds. The zero-order chi connectivity index (χ0) is 22.9. The number of hydrogen-bond donors (Lipinski definition) is 1. The molecule has 0 aliphatic carbocycles. The minimum Gasteiger partial charge on any atom is -0.368 e. The van der Waals surface area contributed by atoms with Gasteiger partial charge >= 0.3 is 0 Å². The third-order valence-electron chi connectivity index (χ3n) is 6.19. The molecule has 3 heterocycles. The summed E-state index contributed by atoms with van der Waals surface area (Å²) in [6.45, 7) is 9.22. The van der Waals surface area contributed by atoms with Gasteiger partial charge < -0.3 is 15.1 Å². The first-order valence-corrected chi connectivity index (χ1v) is 11.6. The van der Waals surface area contributed by atoms with Crippen molar-refractivity contribution in [2.45, 2.75) is 27.2 Å². The summed E-state index contributed by atoms with van der Waals surface area (Å²) in [7, 11) is 0. The second-order valence-corrected chi connectivity index (χ2v) is 8.72. The summed E-state index contributed by atoms with van der Waals surface area (Å²) in [5.74, 6) is 1.89. The maximum absolute atomic E-state index is 12.2. The molecule has 0 radical (unpaired) electrons. The number of nitrogens with zero attached hydrogens (tertiary/aromatic N) is 6. The zero-order valence-corrected chi connectivity index (χ0v) is 19.3. The molecule has 170 valence electrons. The van der Waals surface area contributed by atoms with Crippen LogP contribution in [-0.2, 0) is 11.2 Å². The second-order valence-electron chi connectivity index (χ2n) is 8.72. The highest BCUT2D eigenvalue weighted by molar-refractivity contribution is 5.84. The van der Waals surface area contributed by atoms with Crippen LogP contribution in [0.4, 0.5) is 17.2 Å². The molecular formula is C25H29N7O.